The van der Waals surface area contributed by atoms with Gasteiger partial charge in [0.1, 0.15) is 5.75 Å². The topological polar surface area (TPSA) is 67.4 Å². The lowest BCUT2D eigenvalue weighted by molar-refractivity contribution is 0.413. The first-order valence-electron chi connectivity index (χ1n) is 6.82. The SMILES string of the molecule is COc1cc(C)c(S(=O)(=O)NC2CCCNC2)c(C)c1.Cl. The number of piperidine rings is 1. The molecule has 0 aromatic heterocycles. The molecule has 0 spiro atoms. The molecule has 1 heterocycles. The zero-order valence-corrected chi connectivity index (χ0v) is 14.2. The quantitative estimate of drug-likeness (QED) is 0.880. The second-order valence-electron chi connectivity index (χ2n) is 5.25. The highest BCUT2D eigenvalue weighted by Crippen LogP contribution is 2.26. The van der Waals surface area contributed by atoms with Crippen LogP contribution in [0.4, 0.5) is 0 Å². The smallest absolute Gasteiger partial charge is 0.241 e. The van der Waals surface area contributed by atoms with Gasteiger partial charge in [-0.3, -0.25) is 0 Å². The second kappa shape index (κ2) is 7.45. The van der Waals surface area contributed by atoms with Crippen LogP contribution in [0.25, 0.3) is 0 Å². The van der Waals surface area contributed by atoms with Gasteiger partial charge in [0.2, 0.25) is 10.0 Å². The fourth-order valence-corrected chi connectivity index (χ4v) is 4.41. The van der Waals surface area contributed by atoms with Crippen molar-refractivity contribution in [2.24, 2.45) is 0 Å². The molecular weight excluding hydrogens is 312 g/mol. The maximum absolute atomic E-state index is 12.6. The summed E-state index contributed by atoms with van der Waals surface area (Å²) in [7, 11) is -1.91. The van der Waals surface area contributed by atoms with E-state index in [1.54, 1.807) is 33.1 Å². The van der Waals surface area contributed by atoms with Crippen molar-refractivity contribution in [3.05, 3.63) is 23.3 Å². The Balaban J connectivity index is 0.00000220. The van der Waals surface area contributed by atoms with Gasteiger partial charge in [0, 0.05) is 12.6 Å². The third-order valence-corrected chi connectivity index (χ3v) is 5.38. The monoisotopic (exact) mass is 334 g/mol. The molecular formula is C14H23ClN2O3S. The van der Waals surface area contributed by atoms with E-state index in [0.717, 1.165) is 19.4 Å². The molecule has 2 N–H and O–H groups in total. The number of methoxy groups -OCH3 is 1. The van der Waals surface area contributed by atoms with E-state index in [-0.39, 0.29) is 18.4 Å². The molecule has 0 radical (unpaired) electrons. The van der Waals surface area contributed by atoms with E-state index < -0.39 is 10.0 Å². The number of ether oxygens (including phenoxy) is 1. The van der Waals surface area contributed by atoms with Crippen molar-refractivity contribution in [2.75, 3.05) is 20.2 Å². The van der Waals surface area contributed by atoms with Crippen molar-refractivity contribution in [1.29, 1.82) is 0 Å². The number of nitrogens with one attached hydrogen (secondary N) is 2. The largest absolute Gasteiger partial charge is 0.497 e. The third kappa shape index (κ3) is 4.32. The Kier molecular flexibility index (Phi) is 6.46. The minimum absolute atomic E-state index is 0. The normalized spacial score (nSPS) is 18.9. The van der Waals surface area contributed by atoms with Crippen LogP contribution in [0.2, 0.25) is 0 Å². The Morgan fingerprint density at radius 3 is 2.38 bits per heavy atom. The Labute approximate surface area is 132 Å². The molecule has 1 saturated heterocycles. The van der Waals surface area contributed by atoms with Crippen LogP contribution in [0.1, 0.15) is 24.0 Å². The molecule has 1 aliphatic heterocycles. The number of halogens is 1. The number of hydrogen-bond acceptors (Lipinski definition) is 4. The molecule has 120 valence electrons. The Morgan fingerprint density at radius 1 is 1.29 bits per heavy atom. The maximum atomic E-state index is 12.6. The standard InChI is InChI=1S/C14H22N2O3S.ClH/c1-10-7-13(19-3)8-11(2)14(10)20(17,18)16-12-5-4-6-15-9-12;/h7-8,12,15-16H,4-6,9H2,1-3H3;1H. The molecule has 1 unspecified atom stereocenters. The number of aryl methyl sites for hydroxylation is 2. The van der Waals surface area contributed by atoms with Gasteiger partial charge in [0.05, 0.1) is 12.0 Å². The summed E-state index contributed by atoms with van der Waals surface area (Å²) in [4.78, 5) is 0.365. The number of hydrogen-bond donors (Lipinski definition) is 2. The molecule has 21 heavy (non-hydrogen) atoms. The van der Waals surface area contributed by atoms with Gasteiger partial charge in [-0.1, -0.05) is 0 Å². The predicted octanol–water partition coefficient (Wildman–Crippen LogP) is 1.76. The molecule has 7 heteroatoms. The lowest BCUT2D eigenvalue weighted by Gasteiger charge is -2.24. The summed E-state index contributed by atoms with van der Waals surface area (Å²) in [5, 5.41) is 3.21. The van der Waals surface area contributed by atoms with E-state index >= 15 is 0 Å². The number of benzene rings is 1. The van der Waals surface area contributed by atoms with Crippen molar-refractivity contribution in [1.82, 2.24) is 10.0 Å². The summed E-state index contributed by atoms with van der Waals surface area (Å²) in [5.41, 5.74) is 1.41. The molecule has 2 rings (SSSR count). The van der Waals surface area contributed by atoms with Crippen LogP contribution in [0.15, 0.2) is 17.0 Å². The lowest BCUT2D eigenvalue weighted by Crippen LogP contribution is -2.45. The number of rotatable bonds is 4. The van der Waals surface area contributed by atoms with E-state index in [1.165, 1.54) is 0 Å². The summed E-state index contributed by atoms with van der Waals surface area (Å²) < 4.78 is 33.1. The van der Waals surface area contributed by atoms with Gasteiger partial charge in [0.15, 0.2) is 0 Å². The van der Waals surface area contributed by atoms with Crippen molar-refractivity contribution in [3.8, 4) is 5.75 Å². The van der Waals surface area contributed by atoms with Crippen LogP contribution in [-0.4, -0.2) is 34.7 Å². The van der Waals surface area contributed by atoms with Gasteiger partial charge in [-0.25, -0.2) is 13.1 Å². The zero-order chi connectivity index (χ0) is 14.8. The summed E-state index contributed by atoms with van der Waals surface area (Å²) in [5.74, 6) is 0.679. The summed E-state index contributed by atoms with van der Waals surface area (Å²) in [6.45, 7) is 5.23. The van der Waals surface area contributed by atoms with Crippen LogP contribution < -0.4 is 14.8 Å². The molecule has 1 aliphatic rings. The zero-order valence-electron chi connectivity index (χ0n) is 12.6. The maximum Gasteiger partial charge on any atom is 0.241 e. The molecule has 0 bridgehead atoms. The highest BCUT2D eigenvalue weighted by molar-refractivity contribution is 7.89. The summed E-state index contributed by atoms with van der Waals surface area (Å²) >= 11 is 0. The molecule has 0 amide bonds. The van der Waals surface area contributed by atoms with Crippen molar-refractivity contribution >= 4 is 22.4 Å². The highest BCUT2D eigenvalue weighted by atomic mass is 35.5. The molecule has 0 aliphatic carbocycles. The average molecular weight is 335 g/mol. The average Bonchev–Trinajstić information content (AvgIpc) is 2.37. The van der Waals surface area contributed by atoms with Crippen molar-refractivity contribution in [3.63, 3.8) is 0 Å². The van der Waals surface area contributed by atoms with Gasteiger partial charge >= 0.3 is 0 Å². The Hall–Kier alpha value is -0.820. The molecule has 0 saturated carbocycles. The summed E-state index contributed by atoms with van der Waals surface area (Å²) in [6, 6.07) is 3.47. The minimum Gasteiger partial charge on any atom is -0.497 e. The lowest BCUT2D eigenvalue weighted by atomic mass is 10.1. The number of sulfonamides is 1. The van der Waals surface area contributed by atoms with Crippen LogP contribution in [0.3, 0.4) is 0 Å². The fraction of sp³-hybridized carbons (Fsp3) is 0.571. The van der Waals surface area contributed by atoms with Crippen LogP contribution in [0, 0.1) is 13.8 Å². The van der Waals surface area contributed by atoms with E-state index in [4.69, 9.17) is 4.74 Å². The van der Waals surface area contributed by atoms with E-state index in [1.807, 2.05) is 0 Å². The second-order valence-corrected chi connectivity index (χ2v) is 6.91. The molecule has 1 fully saturated rings. The molecule has 1 atom stereocenters. The van der Waals surface area contributed by atoms with Gasteiger partial charge in [-0.15, -0.1) is 12.4 Å². The molecule has 1 aromatic rings. The fourth-order valence-electron chi connectivity index (χ4n) is 2.68. The minimum atomic E-state index is -3.49. The predicted molar refractivity (Wildman–Crippen MR) is 85.9 cm³/mol. The van der Waals surface area contributed by atoms with Crippen LogP contribution in [-0.2, 0) is 10.0 Å². The van der Waals surface area contributed by atoms with E-state index in [9.17, 15) is 8.42 Å². The molecule has 1 aromatic carbocycles. The van der Waals surface area contributed by atoms with Gasteiger partial charge in [-0.2, -0.15) is 0 Å². The van der Waals surface area contributed by atoms with Crippen LogP contribution >= 0.6 is 12.4 Å². The first-order valence-corrected chi connectivity index (χ1v) is 8.30. The van der Waals surface area contributed by atoms with Gasteiger partial charge in [0.25, 0.3) is 0 Å². The van der Waals surface area contributed by atoms with E-state index in [2.05, 4.69) is 10.0 Å². The summed E-state index contributed by atoms with van der Waals surface area (Å²) in [6.07, 6.45) is 1.87. The molecule has 5 nitrogen and oxygen atoms in total. The third-order valence-electron chi connectivity index (χ3n) is 3.56. The van der Waals surface area contributed by atoms with Crippen molar-refractivity contribution < 1.29 is 13.2 Å². The first-order chi connectivity index (χ1) is 9.44. The Bertz CT molecular complexity index is 561. The van der Waals surface area contributed by atoms with Crippen LogP contribution in [0.5, 0.6) is 5.75 Å². The van der Waals surface area contributed by atoms with Crippen molar-refractivity contribution in [2.45, 2.75) is 37.6 Å². The Morgan fingerprint density at radius 2 is 1.90 bits per heavy atom. The van der Waals surface area contributed by atoms with E-state index in [0.29, 0.717) is 28.3 Å². The van der Waals surface area contributed by atoms with Gasteiger partial charge in [-0.05, 0) is 56.5 Å². The first kappa shape index (κ1) is 18.2. The highest BCUT2D eigenvalue weighted by Gasteiger charge is 2.25. The van der Waals surface area contributed by atoms with Gasteiger partial charge < -0.3 is 10.1 Å².